The van der Waals surface area contributed by atoms with Gasteiger partial charge in [0, 0.05) is 12.6 Å². The first-order valence-corrected chi connectivity index (χ1v) is 6.78. The van der Waals surface area contributed by atoms with Gasteiger partial charge in [-0.2, -0.15) is 0 Å². The Morgan fingerprint density at radius 1 is 1.29 bits per heavy atom. The fourth-order valence-electron chi connectivity index (χ4n) is 2.39. The second-order valence-electron chi connectivity index (χ2n) is 4.97. The van der Waals surface area contributed by atoms with E-state index in [-0.39, 0.29) is 0 Å². The standard InChI is InChI=1S/C13H18Cl2N2/c1-8-2-3-10(4-8)17-7-9-5-11(14)13(16)12(15)6-9/h5-6,8,10,17H,2-4,7,16H2,1H3. The average molecular weight is 273 g/mol. The van der Waals surface area contributed by atoms with Crippen LogP contribution in [0, 0.1) is 5.92 Å². The minimum atomic E-state index is 0.464. The number of hydrogen-bond acceptors (Lipinski definition) is 2. The molecule has 0 aromatic heterocycles. The highest BCUT2D eigenvalue weighted by Gasteiger charge is 2.20. The lowest BCUT2D eigenvalue weighted by Crippen LogP contribution is -2.25. The molecule has 0 aliphatic heterocycles. The van der Waals surface area contributed by atoms with Crippen molar-refractivity contribution in [1.29, 1.82) is 0 Å². The molecular formula is C13H18Cl2N2. The largest absolute Gasteiger partial charge is 0.396 e. The summed E-state index contributed by atoms with van der Waals surface area (Å²) in [6.45, 7) is 3.11. The molecule has 0 saturated heterocycles. The summed E-state index contributed by atoms with van der Waals surface area (Å²) in [5.41, 5.74) is 7.26. The Labute approximate surface area is 112 Å². The molecule has 94 valence electrons. The first-order valence-electron chi connectivity index (χ1n) is 6.03. The first-order chi connectivity index (χ1) is 8.06. The van der Waals surface area contributed by atoms with Gasteiger partial charge in [-0.15, -0.1) is 0 Å². The summed E-state index contributed by atoms with van der Waals surface area (Å²) in [6.07, 6.45) is 3.84. The molecule has 2 rings (SSSR count). The summed E-state index contributed by atoms with van der Waals surface area (Å²) in [4.78, 5) is 0. The molecule has 3 N–H and O–H groups in total. The third-order valence-electron chi connectivity index (χ3n) is 3.43. The van der Waals surface area contributed by atoms with E-state index < -0.39 is 0 Å². The van der Waals surface area contributed by atoms with Crippen molar-refractivity contribution in [2.45, 2.75) is 38.8 Å². The summed E-state index contributed by atoms with van der Waals surface area (Å²) >= 11 is 12.0. The van der Waals surface area contributed by atoms with Crippen molar-refractivity contribution in [3.63, 3.8) is 0 Å². The molecule has 0 spiro atoms. The average Bonchev–Trinajstić information content (AvgIpc) is 2.69. The predicted molar refractivity (Wildman–Crippen MR) is 74.5 cm³/mol. The molecule has 0 amide bonds. The van der Waals surface area contributed by atoms with Crippen LogP contribution in [0.1, 0.15) is 31.7 Å². The Bertz CT molecular complexity index is 383. The highest BCUT2D eigenvalue weighted by atomic mass is 35.5. The summed E-state index contributed by atoms with van der Waals surface area (Å²) in [5, 5.41) is 4.62. The van der Waals surface area contributed by atoms with Crippen LogP contribution in [0.2, 0.25) is 10.0 Å². The van der Waals surface area contributed by atoms with Crippen molar-refractivity contribution in [2.75, 3.05) is 5.73 Å². The van der Waals surface area contributed by atoms with Gasteiger partial charge in [-0.05, 0) is 42.9 Å². The zero-order valence-electron chi connectivity index (χ0n) is 9.97. The number of rotatable bonds is 3. The number of hydrogen-bond donors (Lipinski definition) is 2. The summed E-state index contributed by atoms with van der Waals surface area (Å²) < 4.78 is 0. The van der Waals surface area contributed by atoms with Crippen molar-refractivity contribution >= 4 is 28.9 Å². The number of nitrogen functional groups attached to an aromatic ring is 1. The van der Waals surface area contributed by atoms with Crippen LogP contribution in [0.25, 0.3) is 0 Å². The zero-order chi connectivity index (χ0) is 12.4. The summed E-state index contributed by atoms with van der Waals surface area (Å²) in [7, 11) is 0. The van der Waals surface area contributed by atoms with E-state index in [1.54, 1.807) is 0 Å². The zero-order valence-corrected chi connectivity index (χ0v) is 11.5. The first kappa shape index (κ1) is 13.0. The van der Waals surface area contributed by atoms with Crippen LogP contribution in [0.4, 0.5) is 5.69 Å². The van der Waals surface area contributed by atoms with E-state index in [4.69, 9.17) is 28.9 Å². The Balaban J connectivity index is 1.95. The highest BCUT2D eigenvalue weighted by Crippen LogP contribution is 2.29. The van der Waals surface area contributed by atoms with E-state index in [1.165, 1.54) is 19.3 Å². The third-order valence-corrected chi connectivity index (χ3v) is 4.05. The molecule has 0 heterocycles. The minimum absolute atomic E-state index is 0.464. The predicted octanol–water partition coefficient (Wildman–Crippen LogP) is 3.85. The van der Waals surface area contributed by atoms with Crippen LogP contribution in [0.15, 0.2) is 12.1 Å². The molecule has 2 unspecified atom stereocenters. The molecule has 1 aromatic rings. The van der Waals surface area contributed by atoms with Gasteiger partial charge in [0.2, 0.25) is 0 Å². The van der Waals surface area contributed by atoms with Gasteiger partial charge in [0.05, 0.1) is 15.7 Å². The Morgan fingerprint density at radius 2 is 1.94 bits per heavy atom. The molecule has 2 atom stereocenters. The minimum Gasteiger partial charge on any atom is -0.396 e. The maximum absolute atomic E-state index is 6.00. The van der Waals surface area contributed by atoms with Gasteiger partial charge in [-0.1, -0.05) is 30.1 Å². The van der Waals surface area contributed by atoms with Crippen molar-refractivity contribution in [3.8, 4) is 0 Å². The lowest BCUT2D eigenvalue weighted by molar-refractivity contribution is 0.502. The van der Waals surface area contributed by atoms with E-state index in [2.05, 4.69) is 12.2 Å². The molecule has 1 fully saturated rings. The van der Waals surface area contributed by atoms with Crippen LogP contribution in [-0.2, 0) is 6.54 Å². The van der Waals surface area contributed by atoms with Gasteiger partial charge in [0.1, 0.15) is 0 Å². The van der Waals surface area contributed by atoms with E-state index in [9.17, 15) is 0 Å². The molecule has 1 aliphatic carbocycles. The highest BCUT2D eigenvalue weighted by molar-refractivity contribution is 6.38. The molecule has 1 aliphatic rings. The molecule has 0 bridgehead atoms. The van der Waals surface area contributed by atoms with Gasteiger partial charge < -0.3 is 11.1 Å². The van der Waals surface area contributed by atoms with Crippen LogP contribution < -0.4 is 11.1 Å². The molecule has 0 radical (unpaired) electrons. The lowest BCUT2D eigenvalue weighted by Gasteiger charge is -2.13. The number of nitrogens with one attached hydrogen (secondary N) is 1. The second-order valence-corrected chi connectivity index (χ2v) is 5.78. The monoisotopic (exact) mass is 272 g/mol. The van der Waals surface area contributed by atoms with Crippen LogP contribution in [0.3, 0.4) is 0 Å². The topological polar surface area (TPSA) is 38.0 Å². The Kier molecular flexibility index (Phi) is 4.18. The van der Waals surface area contributed by atoms with Gasteiger partial charge in [0.25, 0.3) is 0 Å². The van der Waals surface area contributed by atoms with Crippen LogP contribution in [0.5, 0.6) is 0 Å². The number of nitrogens with two attached hydrogens (primary N) is 1. The van der Waals surface area contributed by atoms with Gasteiger partial charge in [-0.3, -0.25) is 0 Å². The molecular weight excluding hydrogens is 255 g/mol. The number of benzene rings is 1. The van der Waals surface area contributed by atoms with Gasteiger partial charge in [-0.25, -0.2) is 0 Å². The number of anilines is 1. The van der Waals surface area contributed by atoms with E-state index >= 15 is 0 Å². The van der Waals surface area contributed by atoms with Crippen molar-refractivity contribution in [1.82, 2.24) is 5.32 Å². The second kappa shape index (κ2) is 5.47. The number of halogens is 2. The summed E-state index contributed by atoms with van der Waals surface area (Å²) in [5.74, 6) is 0.839. The smallest absolute Gasteiger partial charge is 0.0693 e. The lowest BCUT2D eigenvalue weighted by atomic mass is 10.1. The van der Waals surface area contributed by atoms with E-state index in [0.29, 0.717) is 21.8 Å². The molecule has 4 heteroatoms. The molecule has 1 aromatic carbocycles. The van der Waals surface area contributed by atoms with Crippen molar-refractivity contribution in [3.05, 3.63) is 27.7 Å². The Morgan fingerprint density at radius 3 is 2.47 bits per heavy atom. The van der Waals surface area contributed by atoms with Gasteiger partial charge in [0.15, 0.2) is 0 Å². The van der Waals surface area contributed by atoms with Crippen molar-refractivity contribution in [2.24, 2.45) is 5.92 Å². The maximum Gasteiger partial charge on any atom is 0.0693 e. The maximum atomic E-state index is 6.00. The Hall–Kier alpha value is -0.440. The molecule has 17 heavy (non-hydrogen) atoms. The quantitative estimate of drug-likeness (QED) is 0.821. The fraction of sp³-hybridized carbons (Fsp3) is 0.538. The summed E-state index contributed by atoms with van der Waals surface area (Å²) in [6, 6.07) is 4.39. The van der Waals surface area contributed by atoms with Crippen molar-refractivity contribution < 1.29 is 0 Å². The fourth-order valence-corrected chi connectivity index (χ4v) is 2.93. The molecule has 1 saturated carbocycles. The third kappa shape index (κ3) is 3.27. The van der Waals surface area contributed by atoms with Gasteiger partial charge >= 0.3 is 0 Å². The SMILES string of the molecule is CC1CCC(NCc2cc(Cl)c(N)c(Cl)c2)C1. The molecule has 2 nitrogen and oxygen atoms in total. The van der Waals surface area contributed by atoms with Crippen LogP contribution >= 0.6 is 23.2 Å². The van der Waals surface area contributed by atoms with E-state index in [0.717, 1.165) is 18.0 Å². The van der Waals surface area contributed by atoms with Crippen LogP contribution in [-0.4, -0.2) is 6.04 Å². The van der Waals surface area contributed by atoms with E-state index in [1.807, 2.05) is 12.1 Å². The normalized spacial score (nSPS) is 24.2.